The smallest absolute Gasteiger partial charge is 0.410 e. The van der Waals surface area contributed by atoms with Crippen LogP contribution in [0.1, 0.15) is 32.3 Å². The third kappa shape index (κ3) is 5.22. The molecule has 1 aromatic carbocycles. The summed E-state index contributed by atoms with van der Waals surface area (Å²) in [5.41, 5.74) is 6.75. The molecule has 1 amide bonds. The Balaban J connectivity index is 1.88. The molecule has 0 aliphatic carbocycles. The SMILES string of the molecule is CC(C)N(CCN)[C@H]1CCCN(C(=O)OCc2ccccc2)C1. The van der Waals surface area contributed by atoms with Crippen LogP contribution < -0.4 is 5.73 Å². The van der Waals surface area contributed by atoms with Gasteiger partial charge in [0, 0.05) is 38.3 Å². The molecule has 2 rings (SSSR count). The van der Waals surface area contributed by atoms with Gasteiger partial charge < -0.3 is 15.4 Å². The van der Waals surface area contributed by atoms with Crippen molar-refractivity contribution in [1.82, 2.24) is 9.80 Å². The molecule has 0 unspecified atom stereocenters. The summed E-state index contributed by atoms with van der Waals surface area (Å²) < 4.78 is 5.46. The summed E-state index contributed by atoms with van der Waals surface area (Å²) in [5.74, 6) is 0. The van der Waals surface area contributed by atoms with Gasteiger partial charge in [-0.15, -0.1) is 0 Å². The third-order valence-electron chi connectivity index (χ3n) is 4.38. The maximum absolute atomic E-state index is 12.3. The van der Waals surface area contributed by atoms with Crippen LogP contribution in [-0.4, -0.2) is 54.2 Å². The number of nitrogens with two attached hydrogens (primary N) is 1. The lowest BCUT2D eigenvalue weighted by Crippen LogP contribution is -2.53. The Kier molecular flexibility index (Phi) is 6.86. The zero-order chi connectivity index (χ0) is 16.7. The number of amides is 1. The lowest BCUT2D eigenvalue weighted by Gasteiger charge is -2.40. The normalized spacial score (nSPS) is 18.5. The second-order valence-corrected chi connectivity index (χ2v) is 6.40. The van der Waals surface area contributed by atoms with Crippen molar-refractivity contribution in [3.63, 3.8) is 0 Å². The molecule has 1 aromatic rings. The van der Waals surface area contributed by atoms with Crippen LogP contribution in [0.25, 0.3) is 0 Å². The number of piperidine rings is 1. The van der Waals surface area contributed by atoms with Crippen LogP contribution in [0.4, 0.5) is 4.79 Å². The first kappa shape index (κ1) is 17.8. The van der Waals surface area contributed by atoms with Crippen LogP contribution in [0.2, 0.25) is 0 Å². The molecule has 0 bridgehead atoms. The Labute approximate surface area is 139 Å². The van der Waals surface area contributed by atoms with Gasteiger partial charge in [0.25, 0.3) is 0 Å². The van der Waals surface area contributed by atoms with Crippen LogP contribution in [0, 0.1) is 0 Å². The van der Waals surface area contributed by atoms with Crippen molar-refractivity contribution in [3.8, 4) is 0 Å². The van der Waals surface area contributed by atoms with E-state index in [2.05, 4.69) is 18.7 Å². The predicted octanol–water partition coefficient (Wildman–Crippen LogP) is 2.46. The molecular formula is C18H29N3O2. The Morgan fingerprint density at radius 1 is 1.39 bits per heavy atom. The maximum Gasteiger partial charge on any atom is 0.410 e. The summed E-state index contributed by atoms with van der Waals surface area (Å²) in [6.45, 7) is 7.72. The van der Waals surface area contributed by atoms with Gasteiger partial charge in [-0.25, -0.2) is 4.79 Å². The minimum atomic E-state index is -0.213. The highest BCUT2D eigenvalue weighted by atomic mass is 16.6. The summed E-state index contributed by atoms with van der Waals surface area (Å²) in [4.78, 5) is 16.6. The highest BCUT2D eigenvalue weighted by Gasteiger charge is 2.29. The molecule has 0 radical (unpaired) electrons. The van der Waals surface area contributed by atoms with Crippen molar-refractivity contribution in [2.24, 2.45) is 5.73 Å². The molecule has 0 spiro atoms. The second-order valence-electron chi connectivity index (χ2n) is 6.40. The summed E-state index contributed by atoms with van der Waals surface area (Å²) in [6, 6.07) is 10.6. The largest absolute Gasteiger partial charge is 0.445 e. The molecule has 0 aromatic heterocycles. The first-order valence-electron chi connectivity index (χ1n) is 8.53. The summed E-state index contributed by atoms with van der Waals surface area (Å²) in [6.07, 6.45) is 1.91. The highest BCUT2D eigenvalue weighted by Crippen LogP contribution is 2.19. The number of hydrogen-bond acceptors (Lipinski definition) is 4. The lowest BCUT2D eigenvalue weighted by molar-refractivity contribution is 0.0520. The van der Waals surface area contributed by atoms with Crippen LogP contribution in [0.5, 0.6) is 0 Å². The van der Waals surface area contributed by atoms with Gasteiger partial charge in [-0.1, -0.05) is 30.3 Å². The van der Waals surface area contributed by atoms with E-state index in [1.165, 1.54) is 0 Å². The average molecular weight is 319 g/mol. The molecule has 1 heterocycles. The van der Waals surface area contributed by atoms with Gasteiger partial charge in [-0.05, 0) is 32.3 Å². The van der Waals surface area contributed by atoms with E-state index in [1.54, 1.807) is 0 Å². The van der Waals surface area contributed by atoms with E-state index in [-0.39, 0.29) is 6.09 Å². The highest BCUT2D eigenvalue weighted by molar-refractivity contribution is 5.67. The minimum absolute atomic E-state index is 0.213. The van der Waals surface area contributed by atoms with Crippen molar-refractivity contribution in [2.75, 3.05) is 26.2 Å². The summed E-state index contributed by atoms with van der Waals surface area (Å²) >= 11 is 0. The molecule has 23 heavy (non-hydrogen) atoms. The van der Waals surface area contributed by atoms with Crippen molar-refractivity contribution in [1.29, 1.82) is 0 Å². The Morgan fingerprint density at radius 3 is 2.78 bits per heavy atom. The number of hydrogen-bond donors (Lipinski definition) is 1. The monoisotopic (exact) mass is 319 g/mol. The number of ether oxygens (including phenoxy) is 1. The van der Waals surface area contributed by atoms with Crippen LogP contribution >= 0.6 is 0 Å². The molecule has 128 valence electrons. The van der Waals surface area contributed by atoms with Gasteiger partial charge >= 0.3 is 6.09 Å². The molecule has 1 aliphatic rings. The van der Waals surface area contributed by atoms with Crippen LogP contribution in [0.15, 0.2) is 30.3 Å². The molecule has 1 aliphatic heterocycles. The summed E-state index contributed by atoms with van der Waals surface area (Å²) in [7, 11) is 0. The minimum Gasteiger partial charge on any atom is -0.445 e. The van der Waals surface area contributed by atoms with Gasteiger partial charge in [0.2, 0.25) is 0 Å². The Morgan fingerprint density at radius 2 is 2.13 bits per heavy atom. The molecular weight excluding hydrogens is 290 g/mol. The fourth-order valence-electron chi connectivity index (χ4n) is 3.21. The van der Waals surface area contributed by atoms with Crippen molar-refractivity contribution in [3.05, 3.63) is 35.9 Å². The molecule has 1 fully saturated rings. The lowest BCUT2D eigenvalue weighted by atomic mass is 10.0. The predicted molar refractivity (Wildman–Crippen MR) is 92.1 cm³/mol. The first-order valence-corrected chi connectivity index (χ1v) is 8.53. The zero-order valence-corrected chi connectivity index (χ0v) is 14.3. The quantitative estimate of drug-likeness (QED) is 0.875. The van der Waals surface area contributed by atoms with E-state index in [0.29, 0.717) is 25.2 Å². The van der Waals surface area contributed by atoms with Gasteiger partial charge in [-0.3, -0.25) is 4.90 Å². The third-order valence-corrected chi connectivity index (χ3v) is 4.38. The van der Waals surface area contributed by atoms with E-state index < -0.39 is 0 Å². The number of rotatable bonds is 6. The number of likely N-dealkylation sites (tertiary alicyclic amines) is 1. The van der Waals surface area contributed by atoms with Gasteiger partial charge in [0.1, 0.15) is 6.61 Å². The number of nitrogens with zero attached hydrogens (tertiary/aromatic N) is 2. The van der Waals surface area contributed by atoms with E-state index in [4.69, 9.17) is 10.5 Å². The fourth-order valence-corrected chi connectivity index (χ4v) is 3.21. The molecule has 1 saturated heterocycles. The Bertz CT molecular complexity index is 478. The first-order chi connectivity index (χ1) is 11.1. The van der Waals surface area contributed by atoms with Gasteiger partial charge in [0.15, 0.2) is 0 Å². The van der Waals surface area contributed by atoms with Crippen molar-refractivity contribution in [2.45, 2.75) is 45.4 Å². The topological polar surface area (TPSA) is 58.8 Å². The number of carbonyl (C=O) groups is 1. The van der Waals surface area contributed by atoms with E-state index in [9.17, 15) is 4.79 Å². The summed E-state index contributed by atoms with van der Waals surface area (Å²) in [5, 5.41) is 0. The van der Waals surface area contributed by atoms with Gasteiger partial charge in [0.05, 0.1) is 0 Å². The average Bonchev–Trinajstić information content (AvgIpc) is 2.58. The van der Waals surface area contributed by atoms with Crippen molar-refractivity contribution < 1.29 is 9.53 Å². The standard InChI is InChI=1S/C18H29N3O2/c1-15(2)21(12-10-19)17-9-6-11-20(13-17)18(22)23-14-16-7-4-3-5-8-16/h3-5,7-8,15,17H,6,9-14,19H2,1-2H3/t17-/m0/s1. The molecule has 1 atom stereocenters. The fraction of sp³-hybridized carbons (Fsp3) is 0.611. The maximum atomic E-state index is 12.3. The van der Waals surface area contributed by atoms with Gasteiger partial charge in [-0.2, -0.15) is 0 Å². The van der Waals surface area contributed by atoms with E-state index in [1.807, 2.05) is 35.2 Å². The molecule has 2 N–H and O–H groups in total. The van der Waals surface area contributed by atoms with Crippen LogP contribution in [0.3, 0.4) is 0 Å². The second kappa shape index (κ2) is 8.89. The Hall–Kier alpha value is -1.59. The molecule has 0 saturated carbocycles. The molecule has 5 nitrogen and oxygen atoms in total. The van der Waals surface area contributed by atoms with Crippen molar-refractivity contribution >= 4 is 6.09 Å². The molecule has 5 heteroatoms. The number of carbonyl (C=O) groups excluding carboxylic acids is 1. The number of benzene rings is 1. The van der Waals surface area contributed by atoms with E-state index in [0.717, 1.165) is 38.0 Å². The van der Waals surface area contributed by atoms with Crippen LogP contribution in [-0.2, 0) is 11.3 Å². The van der Waals surface area contributed by atoms with E-state index >= 15 is 0 Å². The zero-order valence-electron chi connectivity index (χ0n) is 14.3.